The fourth-order valence-electron chi connectivity index (χ4n) is 3.49. The zero-order chi connectivity index (χ0) is 21.0. The third kappa shape index (κ3) is 3.70. The number of anilines is 1. The first-order valence-electron chi connectivity index (χ1n) is 9.16. The van der Waals surface area contributed by atoms with Crippen molar-refractivity contribution in [3.63, 3.8) is 0 Å². The van der Waals surface area contributed by atoms with Crippen LogP contribution in [-0.4, -0.2) is 34.2 Å². The van der Waals surface area contributed by atoms with E-state index in [0.29, 0.717) is 17.1 Å². The van der Waals surface area contributed by atoms with Crippen LogP contribution >= 0.6 is 0 Å². The minimum Gasteiger partial charge on any atom is -0.454 e. The molecule has 10 heteroatoms. The van der Waals surface area contributed by atoms with Crippen molar-refractivity contribution in [3.8, 4) is 11.5 Å². The molecule has 0 saturated carbocycles. The van der Waals surface area contributed by atoms with Gasteiger partial charge in [0.05, 0.1) is 12.2 Å². The molecule has 3 heterocycles. The van der Waals surface area contributed by atoms with Crippen LogP contribution in [0.25, 0.3) is 0 Å². The summed E-state index contributed by atoms with van der Waals surface area (Å²) in [5.41, 5.74) is 0.138. The SMILES string of the molecule is CC(C)(C)NC(=O)c1cnn2c1NC(c1ccc3c(c1)OCO3)CC2C(F)(F)F. The molecular weight excluding hydrogens is 389 g/mol. The van der Waals surface area contributed by atoms with Crippen molar-refractivity contribution >= 4 is 11.7 Å². The van der Waals surface area contributed by atoms with Crippen molar-refractivity contribution in [2.24, 2.45) is 0 Å². The molecule has 2 aromatic rings. The lowest BCUT2D eigenvalue weighted by atomic mass is 9.96. The van der Waals surface area contributed by atoms with Gasteiger partial charge in [0.25, 0.3) is 5.91 Å². The van der Waals surface area contributed by atoms with Gasteiger partial charge in [-0.3, -0.25) is 4.79 Å². The van der Waals surface area contributed by atoms with Crippen LogP contribution in [-0.2, 0) is 0 Å². The summed E-state index contributed by atoms with van der Waals surface area (Å²) in [4.78, 5) is 12.6. The largest absolute Gasteiger partial charge is 0.454 e. The molecule has 4 rings (SSSR count). The number of aromatic nitrogens is 2. The van der Waals surface area contributed by atoms with Gasteiger partial charge < -0.3 is 20.1 Å². The molecule has 2 aliphatic heterocycles. The molecule has 0 radical (unpaired) electrons. The van der Waals surface area contributed by atoms with Crippen LogP contribution in [0.15, 0.2) is 24.4 Å². The van der Waals surface area contributed by atoms with Crippen LogP contribution in [0.3, 0.4) is 0 Å². The summed E-state index contributed by atoms with van der Waals surface area (Å²) in [6, 6.07) is 2.49. The molecule has 2 unspecified atom stereocenters. The molecule has 2 aliphatic rings. The molecule has 0 bridgehead atoms. The van der Waals surface area contributed by atoms with E-state index in [1.807, 2.05) is 0 Å². The monoisotopic (exact) mass is 410 g/mol. The number of rotatable bonds is 2. The Morgan fingerprint density at radius 2 is 1.97 bits per heavy atom. The van der Waals surface area contributed by atoms with E-state index in [4.69, 9.17) is 9.47 Å². The van der Waals surface area contributed by atoms with Crippen LogP contribution in [0.1, 0.15) is 55.2 Å². The third-order valence-electron chi connectivity index (χ3n) is 4.77. The van der Waals surface area contributed by atoms with Crippen molar-refractivity contribution in [2.45, 2.75) is 51.0 Å². The molecule has 1 aromatic heterocycles. The predicted octanol–water partition coefficient (Wildman–Crippen LogP) is 3.80. The van der Waals surface area contributed by atoms with Gasteiger partial charge in [0.2, 0.25) is 6.79 Å². The first-order chi connectivity index (χ1) is 13.5. The van der Waals surface area contributed by atoms with Crippen molar-refractivity contribution in [1.82, 2.24) is 15.1 Å². The van der Waals surface area contributed by atoms with Crippen molar-refractivity contribution < 1.29 is 27.4 Å². The lowest BCUT2D eigenvalue weighted by molar-refractivity contribution is -0.173. The van der Waals surface area contributed by atoms with E-state index in [1.54, 1.807) is 39.0 Å². The summed E-state index contributed by atoms with van der Waals surface area (Å²) in [7, 11) is 0. The minimum absolute atomic E-state index is 0.0444. The number of hydrogen-bond acceptors (Lipinski definition) is 5. The Labute approximate surface area is 165 Å². The molecule has 7 nitrogen and oxygen atoms in total. The maximum atomic E-state index is 13.8. The van der Waals surface area contributed by atoms with Crippen LogP contribution in [0.2, 0.25) is 0 Å². The Morgan fingerprint density at radius 1 is 1.24 bits per heavy atom. The van der Waals surface area contributed by atoms with Gasteiger partial charge in [0, 0.05) is 12.0 Å². The van der Waals surface area contributed by atoms with Crippen LogP contribution in [0.4, 0.5) is 19.0 Å². The number of amides is 1. The molecular formula is C19H21F3N4O3. The molecule has 0 aliphatic carbocycles. The fraction of sp³-hybridized carbons (Fsp3) is 0.474. The Morgan fingerprint density at radius 3 is 2.66 bits per heavy atom. The highest BCUT2D eigenvalue weighted by atomic mass is 19.4. The second-order valence-electron chi connectivity index (χ2n) is 8.16. The number of carbonyl (C=O) groups excluding carboxylic acids is 1. The fourth-order valence-corrected chi connectivity index (χ4v) is 3.49. The van der Waals surface area contributed by atoms with Crippen molar-refractivity contribution in [1.29, 1.82) is 0 Å². The summed E-state index contributed by atoms with van der Waals surface area (Å²) < 4.78 is 52.8. The van der Waals surface area contributed by atoms with Crippen LogP contribution < -0.4 is 20.1 Å². The normalized spacial score (nSPS) is 20.8. The zero-order valence-electron chi connectivity index (χ0n) is 16.1. The number of hydrogen-bond donors (Lipinski definition) is 2. The molecule has 1 aromatic carbocycles. The van der Waals surface area contributed by atoms with Gasteiger partial charge >= 0.3 is 6.18 Å². The van der Waals surface area contributed by atoms with E-state index in [2.05, 4.69) is 15.7 Å². The highest BCUT2D eigenvalue weighted by Gasteiger charge is 2.47. The van der Waals surface area contributed by atoms with E-state index in [1.165, 1.54) is 6.20 Å². The van der Waals surface area contributed by atoms with Gasteiger partial charge in [-0.1, -0.05) is 6.07 Å². The van der Waals surface area contributed by atoms with Crippen molar-refractivity contribution in [2.75, 3.05) is 12.1 Å². The average molecular weight is 410 g/mol. The number of ether oxygens (including phenoxy) is 2. The third-order valence-corrected chi connectivity index (χ3v) is 4.77. The molecule has 0 fully saturated rings. The first-order valence-corrected chi connectivity index (χ1v) is 9.16. The minimum atomic E-state index is -4.52. The number of fused-ring (bicyclic) bond motifs is 2. The number of nitrogens with zero attached hydrogens (tertiary/aromatic N) is 2. The lowest BCUT2D eigenvalue weighted by Gasteiger charge is -2.34. The van der Waals surface area contributed by atoms with E-state index in [-0.39, 0.29) is 24.6 Å². The maximum absolute atomic E-state index is 13.8. The van der Waals surface area contributed by atoms with E-state index in [9.17, 15) is 18.0 Å². The Bertz CT molecular complexity index is 949. The topological polar surface area (TPSA) is 77.4 Å². The van der Waals surface area contributed by atoms with Gasteiger partial charge in [0.15, 0.2) is 17.5 Å². The van der Waals surface area contributed by atoms with Gasteiger partial charge in [0.1, 0.15) is 11.4 Å². The average Bonchev–Trinajstić information content (AvgIpc) is 3.24. The van der Waals surface area contributed by atoms with E-state index < -0.39 is 29.7 Å². The quantitative estimate of drug-likeness (QED) is 0.788. The summed E-state index contributed by atoms with van der Waals surface area (Å²) in [6.45, 7) is 5.46. The zero-order valence-corrected chi connectivity index (χ0v) is 16.1. The number of carbonyl (C=O) groups is 1. The standard InChI is InChI=1S/C19H21F3N4O3/c1-18(2,3)25-17(27)11-8-23-26-15(19(20,21)22)7-12(24-16(11)26)10-4-5-13-14(6-10)29-9-28-13/h4-6,8,12,15,24H,7,9H2,1-3H3,(H,25,27). The molecule has 0 spiro atoms. The molecule has 0 saturated heterocycles. The molecule has 2 atom stereocenters. The number of alkyl halides is 3. The molecule has 1 amide bonds. The smallest absolute Gasteiger partial charge is 0.410 e. The highest BCUT2D eigenvalue weighted by Crippen LogP contribution is 2.45. The molecule has 29 heavy (non-hydrogen) atoms. The summed E-state index contributed by atoms with van der Waals surface area (Å²) in [6.07, 6.45) is -3.61. The van der Waals surface area contributed by atoms with Gasteiger partial charge in [-0.25, -0.2) is 4.68 Å². The second kappa shape index (κ2) is 6.57. The van der Waals surface area contributed by atoms with Gasteiger partial charge in [-0.2, -0.15) is 18.3 Å². The summed E-state index contributed by atoms with van der Waals surface area (Å²) in [5, 5.41) is 9.70. The Hall–Kier alpha value is -2.91. The Kier molecular flexibility index (Phi) is 4.39. The van der Waals surface area contributed by atoms with Gasteiger partial charge in [-0.05, 0) is 38.5 Å². The van der Waals surface area contributed by atoms with Gasteiger partial charge in [-0.15, -0.1) is 0 Å². The highest BCUT2D eigenvalue weighted by molar-refractivity contribution is 5.99. The van der Waals surface area contributed by atoms with E-state index in [0.717, 1.165) is 4.68 Å². The lowest BCUT2D eigenvalue weighted by Crippen LogP contribution is -2.41. The van der Waals surface area contributed by atoms with Crippen molar-refractivity contribution in [3.05, 3.63) is 35.5 Å². The number of halogens is 3. The maximum Gasteiger partial charge on any atom is 0.410 e. The van der Waals surface area contributed by atoms with Crippen LogP contribution in [0.5, 0.6) is 11.5 Å². The number of benzene rings is 1. The Balaban J connectivity index is 1.72. The number of nitrogens with one attached hydrogen (secondary N) is 2. The first kappa shape index (κ1) is 19.4. The second-order valence-corrected chi connectivity index (χ2v) is 8.16. The molecule has 156 valence electrons. The van der Waals surface area contributed by atoms with Crippen LogP contribution in [0, 0.1) is 0 Å². The van der Waals surface area contributed by atoms with E-state index >= 15 is 0 Å². The summed E-state index contributed by atoms with van der Waals surface area (Å²) >= 11 is 0. The predicted molar refractivity (Wildman–Crippen MR) is 98.1 cm³/mol. The summed E-state index contributed by atoms with van der Waals surface area (Å²) in [5.74, 6) is 0.589. The molecule has 2 N–H and O–H groups in total.